The lowest BCUT2D eigenvalue weighted by molar-refractivity contribution is -0.119. The molecule has 2 aromatic rings. The first-order valence-electron chi connectivity index (χ1n) is 9.68. The molecule has 0 aromatic heterocycles. The van der Waals surface area contributed by atoms with Crippen LogP contribution in [-0.2, 0) is 9.59 Å². The van der Waals surface area contributed by atoms with Crippen LogP contribution >= 0.6 is 0 Å². The Labute approximate surface area is 169 Å². The van der Waals surface area contributed by atoms with Crippen molar-refractivity contribution in [3.05, 3.63) is 59.2 Å². The normalized spacial score (nSPS) is 13.4. The van der Waals surface area contributed by atoms with E-state index in [4.69, 9.17) is 0 Å². The maximum absolute atomic E-state index is 13.7. The van der Waals surface area contributed by atoms with Gasteiger partial charge in [0.15, 0.2) is 0 Å². The van der Waals surface area contributed by atoms with E-state index in [9.17, 15) is 18.4 Å². The second kappa shape index (κ2) is 9.13. The molecule has 1 fully saturated rings. The molecule has 7 heteroatoms. The number of hydrogen-bond donors (Lipinski definition) is 2. The van der Waals surface area contributed by atoms with Crippen molar-refractivity contribution in [2.24, 2.45) is 0 Å². The molecule has 0 saturated heterocycles. The molecule has 0 spiro atoms. The highest BCUT2D eigenvalue weighted by Crippen LogP contribution is 2.27. The van der Waals surface area contributed by atoms with Crippen molar-refractivity contribution in [2.45, 2.75) is 39.2 Å². The molecule has 2 N–H and O–H groups in total. The summed E-state index contributed by atoms with van der Waals surface area (Å²) in [5.41, 5.74) is 2.62. The van der Waals surface area contributed by atoms with Gasteiger partial charge in [-0.15, -0.1) is 0 Å². The van der Waals surface area contributed by atoms with Gasteiger partial charge in [0.1, 0.15) is 11.6 Å². The Morgan fingerprint density at radius 1 is 1.03 bits per heavy atom. The molecule has 0 bridgehead atoms. The zero-order chi connectivity index (χ0) is 21.0. The predicted molar refractivity (Wildman–Crippen MR) is 109 cm³/mol. The molecule has 0 radical (unpaired) electrons. The van der Waals surface area contributed by atoms with Crippen LogP contribution in [0.15, 0.2) is 36.4 Å². The molecule has 0 heterocycles. The third kappa shape index (κ3) is 5.84. The number of nitrogens with zero attached hydrogens (tertiary/aromatic N) is 1. The quantitative estimate of drug-likeness (QED) is 0.703. The predicted octanol–water partition coefficient (Wildman–Crippen LogP) is 4.01. The van der Waals surface area contributed by atoms with Crippen molar-refractivity contribution in [2.75, 3.05) is 23.7 Å². The number of rotatable bonds is 8. The van der Waals surface area contributed by atoms with Crippen LogP contribution in [0.25, 0.3) is 0 Å². The highest BCUT2D eigenvalue weighted by molar-refractivity contribution is 5.94. The number of nitrogens with one attached hydrogen (secondary N) is 2. The van der Waals surface area contributed by atoms with E-state index in [0.29, 0.717) is 6.54 Å². The second-order valence-electron chi connectivity index (χ2n) is 7.44. The number of carbonyl (C=O) groups is 2. The lowest BCUT2D eigenvalue weighted by atomic mass is 10.1. The van der Waals surface area contributed by atoms with Crippen LogP contribution in [0.2, 0.25) is 0 Å². The first kappa shape index (κ1) is 20.9. The van der Waals surface area contributed by atoms with Crippen molar-refractivity contribution >= 4 is 23.2 Å². The van der Waals surface area contributed by atoms with E-state index >= 15 is 0 Å². The summed E-state index contributed by atoms with van der Waals surface area (Å²) in [6, 6.07) is 9.01. The largest absolute Gasteiger partial charge is 0.324 e. The standard InChI is InChI=1S/C22H25F2N3O2/c1-14-4-3-5-15(2)22(14)26-21(29)13-27(17-7-8-17)11-10-20(28)25-19-12-16(23)6-9-18(19)24/h3-6,9,12,17H,7-8,10-11,13H2,1-2H3,(H,25,28)(H,26,29). The lowest BCUT2D eigenvalue weighted by Gasteiger charge is -2.22. The van der Waals surface area contributed by atoms with Gasteiger partial charge in [-0.05, 0) is 49.9 Å². The Morgan fingerprint density at radius 2 is 1.72 bits per heavy atom. The highest BCUT2D eigenvalue weighted by Gasteiger charge is 2.30. The van der Waals surface area contributed by atoms with Crippen LogP contribution in [0.5, 0.6) is 0 Å². The van der Waals surface area contributed by atoms with Crippen LogP contribution in [0.3, 0.4) is 0 Å². The number of para-hydroxylation sites is 1. The minimum Gasteiger partial charge on any atom is -0.324 e. The van der Waals surface area contributed by atoms with E-state index in [1.807, 2.05) is 36.9 Å². The summed E-state index contributed by atoms with van der Waals surface area (Å²) in [6.07, 6.45) is 2.05. The van der Waals surface area contributed by atoms with Gasteiger partial charge in [-0.2, -0.15) is 0 Å². The summed E-state index contributed by atoms with van der Waals surface area (Å²) < 4.78 is 26.9. The van der Waals surface area contributed by atoms with E-state index in [-0.39, 0.29) is 30.6 Å². The van der Waals surface area contributed by atoms with Gasteiger partial charge in [-0.25, -0.2) is 8.78 Å². The van der Waals surface area contributed by atoms with Gasteiger partial charge in [-0.1, -0.05) is 18.2 Å². The van der Waals surface area contributed by atoms with Crippen LogP contribution in [0.4, 0.5) is 20.2 Å². The number of amides is 2. The molecular formula is C22H25F2N3O2. The molecule has 2 amide bonds. The second-order valence-corrected chi connectivity index (χ2v) is 7.44. The van der Waals surface area contributed by atoms with Gasteiger partial charge < -0.3 is 10.6 Å². The Hall–Kier alpha value is -2.80. The SMILES string of the molecule is Cc1cccc(C)c1NC(=O)CN(CCC(=O)Nc1cc(F)ccc1F)C1CC1. The first-order chi connectivity index (χ1) is 13.8. The number of benzene rings is 2. The molecule has 5 nitrogen and oxygen atoms in total. The third-order valence-corrected chi connectivity index (χ3v) is 4.98. The van der Waals surface area contributed by atoms with Crippen LogP contribution in [0.1, 0.15) is 30.4 Å². The fraction of sp³-hybridized carbons (Fsp3) is 0.364. The van der Waals surface area contributed by atoms with Crippen LogP contribution < -0.4 is 10.6 Å². The number of anilines is 2. The first-order valence-corrected chi connectivity index (χ1v) is 9.68. The summed E-state index contributed by atoms with van der Waals surface area (Å²) in [5.74, 6) is -1.86. The summed E-state index contributed by atoms with van der Waals surface area (Å²) in [7, 11) is 0. The van der Waals surface area contributed by atoms with Gasteiger partial charge in [0, 0.05) is 30.8 Å². The average molecular weight is 401 g/mol. The minimum atomic E-state index is -0.688. The zero-order valence-corrected chi connectivity index (χ0v) is 16.6. The summed E-state index contributed by atoms with van der Waals surface area (Å²) in [6.45, 7) is 4.43. The fourth-order valence-corrected chi connectivity index (χ4v) is 3.26. The molecular weight excluding hydrogens is 376 g/mol. The summed E-state index contributed by atoms with van der Waals surface area (Å²) in [5, 5.41) is 5.35. The molecule has 154 valence electrons. The van der Waals surface area contributed by atoms with E-state index in [0.717, 1.165) is 47.9 Å². The number of hydrogen-bond acceptors (Lipinski definition) is 3. The molecule has 1 aliphatic carbocycles. The van der Waals surface area contributed by atoms with Crippen LogP contribution in [0, 0.1) is 25.5 Å². The molecule has 1 saturated carbocycles. The molecule has 29 heavy (non-hydrogen) atoms. The topological polar surface area (TPSA) is 61.4 Å². The summed E-state index contributed by atoms with van der Waals surface area (Å²) in [4.78, 5) is 26.7. The van der Waals surface area contributed by atoms with Gasteiger partial charge in [0.25, 0.3) is 0 Å². The Balaban J connectivity index is 1.54. The Kier molecular flexibility index (Phi) is 6.59. The summed E-state index contributed by atoms with van der Waals surface area (Å²) >= 11 is 0. The maximum Gasteiger partial charge on any atom is 0.238 e. The monoisotopic (exact) mass is 401 g/mol. The lowest BCUT2D eigenvalue weighted by Crippen LogP contribution is -2.37. The van der Waals surface area contributed by atoms with Crippen LogP contribution in [-0.4, -0.2) is 35.8 Å². The van der Waals surface area contributed by atoms with Gasteiger partial charge in [-0.3, -0.25) is 14.5 Å². The van der Waals surface area contributed by atoms with E-state index < -0.39 is 17.5 Å². The number of aryl methyl sites for hydroxylation is 2. The molecule has 3 rings (SSSR count). The molecule has 1 aliphatic rings. The molecule has 2 aromatic carbocycles. The van der Waals surface area contributed by atoms with E-state index in [2.05, 4.69) is 10.6 Å². The molecule has 0 atom stereocenters. The van der Waals surface area contributed by atoms with Crippen molar-refractivity contribution < 1.29 is 18.4 Å². The average Bonchev–Trinajstić information content (AvgIpc) is 3.50. The minimum absolute atomic E-state index is 0.0864. The zero-order valence-electron chi connectivity index (χ0n) is 16.6. The Morgan fingerprint density at radius 3 is 2.38 bits per heavy atom. The molecule has 0 aliphatic heterocycles. The fourth-order valence-electron chi connectivity index (χ4n) is 3.26. The van der Waals surface area contributed by atoms with Crippen molar-refractivity contribution in [1.82, 2.24) is 4.90 Å². The number of carbonyl (C=O) groups excluding carboxylic acids is 2. The van der Waals surface area contributed by atoms with E-state index in [1.54, 1.807) is 0 Å². The van der Waals surface area contributed by atoms with Crippen molar-refractivity contribution in [1.29, 1.82) is 0 Å². The highest BCUT2D eigenvalue weighted by atomic mass is 19.1. The Bertz CT molecular complexity index is 893. The number of halogens is 2. The third-order valence-electron chi connectivity index (χ3n) is 4.98. The van der Waals surface area contributed by atoms with Crippen molar-refractivity contribution in [3.8, 4) is 0 Å². The maximum atomic E-state index is 13.7. The smallest absolute Gasteiger partial charge is 0.238 e. The van der Waals surface area contributed by atoms with Crippen molar-refractivity contribution in [3.63, 3.8) is 0 Å². The van der Waals surface area contributed by atoms with E-state index in [1.165, 1.54) is 0 Å². The molecule has 0 unspecified atom stereocenters. The van der Waals surface area contributed by atoms with Gasteiger partial charge >= 0.3 is 0 Å². The van der Waals surface area contributed by atoms with Gasteiger partial charge in [0.05, 0.1) is 12.2 Å². The van der Waals surface area contributed by atoms with Gasteiger partial charge in [0.2, 0.25) is 11.8 Å².